The number of carboxylic acid groups (broad SMARTS) is 1. The van der Waals surface area contributed by atoms with Crippen molar-refractivity contribution in [1.29, 1.82) is 0 Å². The Labute approximate surface area is 153 Å². The second-order valence-electron chi connectivity index (χ2n) is 5.05. The molecule has 0 amide bonds. The molecule has 0 aliphatic heterocycles. The quantitative estimate of drug-likeness (QED) is 0.532. The Balaban J connectivity index is 2.48. The Morgan fingerprint density at radius 1 is 1.12 bits per heavy atom. The summed E-state index contributed by atoms with van der Waals surface area (Å²) < 4.78 is 15.6. The van der Waals surface area contributed by atoms with Gasteiger partial charge in [0.2, 0.25) is 0 Å². The third-order valence-corrected chi connectivity index (χ3v) is 4.18. The summed E-state index contributed by atoms with van der Waals surface area (Å²) in [4.78, 5) is 24.5. The van der Waals surface area contributed by atoms with Crippen LogP contribution in [0.4, 0.5) is 0 Å². The summed E-state index contributed by atoms with van der Waals surface area (Å²) in [6.45, 7) is -0.214. The van der Waals surface area contributed by atoms with Crippen LogP contribution >= 0.6 is 15.9 Å². The zero-order chi connectivity index (χ0) is 18.4. The summed E-state index contributed by atoms with van der Waals surface area (Å²) in [6, 6.07) is 11.5. The van der Waals surface area contributed by atoms with Gasteiger partial charge in [-0.3, -0.25) is 4.79 Å². The molecule has 1 N–H and O–H groups in total. The second-order valence-corrected chi connectivity index (χ2v) is 5.90. The lowest BCUT2D eigenvalue weighted by molar-refractivity contribution is -0.159. The van der Waals surface area contributed by atoms with Crippen molar-refractivity contribution in [1.82, 2.24) is 0 Å². The highest BCUT2D eigenvalue weighted by Gasteiger charge is 2.28. The van der Waals surface area contributed by atoms with E-state index in [4.69, 9.17) is 14.2 Å². The van der Waals surface area contributed by atoms with Gasteiger partial charge in [0.1, 0.15) is 12.5 Å². The zero-order valence-electron chi connectivity index (χ0n) is 13.7. The third-order valence-electron chi connectivity index (χ3n) is 3.49. The third kappa shape index (κ3) is 4.45. The maximum atomic E-state index is 12.9. The van der Waals surface area contributed by atoms with Gasteiger partial charge in [0.25, 0.3) is 0 Å². The van der Waals surface area contributed by atoms with Crippen LogP contribution in [0.5, 0.6) is 5.75 Å². The van der Waals surface area contributed by atoms with Crippen molar-refractivity contribution in [3.05, 3.63) is 63.6 Å². The molecule has 0 spiro atoms. The smallest absolute Gasteiger partial charge is 0.337 e. The number of benzene rings is 2. The van der Waals surface area contributed by atoms with Crippen molar-refractivity contribution >= 4 is 27.7 Å². The first-order valence-electron chi connectivity index (χ1n) is 7.30. The van der Waals surface area contributed by atoms with Crippen LogP contribution in [0.15, 0.2) is 46.9 Å². The number of rotatable bonds is 8. The molecular formula is C18H17BrO6. The van der Waals surface area contributed by atoms with Crippen LogP contribution in [0, 0.1) is 0 Å². The minimum atomic E-state index is -1.34. The summed E-state index contributed by atoms with van der Waals surface area (Å²) >= 11 is 3.32. The molecule has 0 aliphatic carbocycles. The van der Waals surface area contributed by atoms with E-state index >= 15 is 0 Å². The van der Waals surface area contributed by atoms with Crippen LogP contribution in [0.1, 0.15) is 27.6 Å². The summed E-state index contributed by atoms with van der Waals surface area (Å²) in [5, 5.41) is 9.49. The van der Waals surface area contributed by atoms with Crippen molar-refractivity contribution < 1.29 is 28.9 Å². The van der Waals surface area contributed by atoms with E-state index in [-0.39, 0.29) is 23.7 Å². The molecule has 1 unspecified atom stereocenters. The van der Waals surface area contributed by atoms with Crippen molar-refractivity contribution in [3.8, 4) is 5.75 Å². The highest BCUT2D eigenvalue weighted by atomic mass is 79.9. The largest absolute Gasteiger partial charge is 0.497 e. The Hall–Kier alpha value is -2.22. The zero-order valence-corrected chi connectivity index (χ0v) is 15.3. The first-order valence-corrected chi connectivity index (χ1v) is 8.09. The Morgan fingerprint density at radius 2 is 1.80 bits per heavy atom. The molecule has 0 aliphatic rings. The minimum absolute atomic E-state index is 0.214. The van der Waals surface area contributed by atoms with Gasteiger partial charge in [-0.15, -0.1) is 0 Å². The van der Waals surface area contributed by atoms with E-state index in [1.54, 1.807) is 42.5 Å². The number of hydrogen-bond acceptors (Lipinski definition) is 5. The molecule has 0 bridgehead atoms. The molecule has 132 valence electrons. The van der Waals surface area contributed by atoms with Gasteiger partial charge in [0, 0.05) is 28.3 Å². The van der Waals surface area contributed by atoms with Gasteiger partial charge < -0.3 is 19.3 Å². The molecule has 0 radical (unpaired) electrons. The predicted octanol–water partition coefficient (Wildman–Crippen LogP) is 3.43. The molecule has 7 heteroatoms. The van der Waals surface area contributed by atoms with Crippen LogP contribution in [0.3, 0.4) is 0 Å². The number of aliphatic carboxylic acids is 1. The van der Waals surface area contributed by atoms with Crippen molar-refractivity contribution in [2.24, 2.45) is 0 Å². The number of halogens is 1. The number of methoxy groups -OCH3 is 2. The fourth-order valence-corrected chi connectivity index (χ4v) is 2.89. The SMILES string of the molecule is COCOC(C(=O)O)c1c(Br)cccc1C(=O)c1ccc(OC)cc1. The minimum Gasteiger partial charge on any atom is -0.497 e. The summed E-state index contributed by atoms with van der Waals surface area (Å²) in [7, 11) is 2.93. The van der Waals surface area contributed by atoms with Crippen molar-refractivity contribution in [2.75, 3.05) is 21.0 Å². The van der Waals surface area contributed by atoms with Crippen LogP contribution in [-0.4, -0.2) is 37.9 Å². The van der Waals surface area contributed by atoms with Gasteiger partial charge in [0.05, 0.1) is 7.11 Å². The molecule has 0 saturated heterocycles. The summed E-state index contributed by atoms with van der Waals surface area (Å²) in [6.07, 6.45) is -1.34. The van der Waals surface area contributed by atoms with Gasteiger partial charge in [-0.25, -0.2) is 4.79 Å². The standard InChI is InChI=1S/C18H17BrO6/c1-23-10-25-17(18(21)22)15-13(4-3-5-14(15)19)16(20)11-6-8-12(24-2)9-7-11/h3-9,17H,10H2,1-2H3,(H,21,22). The number of carboxylic acids is 1. The van der Waals surface area contributed by atoms with E-state index in [0.29, 0.717) is 15.8 Å². The average Bonchev–Trinajstić information content (AvgIpc) is 2.62. The van der Waals surface area contributed by atoms with Gasteiger partial charge in [-0.2, -0.15) is 0 Å². The highest BCUT2D eigenvalue weighted by Crippen LogP contribution is 2.31. The Bertz CT molecular complexity index is 757. The van der Waals surface area contributed by atoms with Gasteiger partial charge in [-0.05, 0) is 30.3 Å². The lowest BCUT2D eigenvalue weighted by Gasteiger charge is -2.18. The number of ketones is 1. The highest BCUT2D eigenvalue weighted by molar-refractivity contribution is 9.10. The maximum absolute atomic E-state index is 12.9. The fourth-order valence-electron chi connectivity index (χ4n) is 2.31. The first kappa shape index (κ1) is 19.1. The molecule has 0 aromatic heterocycles. The van der Waals surface area contributed by atoms with E-state index in [9.17, 15) is 14.7 Å². The predicted molar refractivity (Wildman–Crippen MR) is 93.9 cm³/mol. The first-order chi connectivity index (χ1) is 12.0. The Morgan fingerprint density at radius 3 is 2.36 bits per heavy atom. The normalized spacial score (nSPS) is 11.8. The van der Waals surface area contributed by atoms with Crippen LogP contribution < -0.4 is 4.74 Å². The maximum Gasteiger partial charge on any atom is 0.337 e. The lowest BCUT2D eigenvalue weighted by Crippen LogP contribution is -2.20. The molecule has 0 saturated carbocycles. The molecule has 6 nitrogen and oxygen atoms in total. The van der Waals surface area contributed by atoms with Gasteiger partial charge in [0.15, 0.2) is 11.9 Å². The van der Waals surface area contributed by atoms with E-state index < -0.39 is 12.1 Å². The molecule has 2 aromatic rings. The molecule has 1 atom stereocenters. The molecule has 2 rings (SSSR count). The van der Waals surface area contributed by atoms with Crippen LogP contribution in [0.25, 0.3) is 0 Å². The second kappa shape index (κ2) is 8.75. The van der Waals surface area contributed by atoms with E-state index in [0.717, 1.165) is 0 Å². The van der Waals surface area contributed by atoms with Gasteiger partial charge in [-0.1, -0.05) is 28.1 Å². The van der Waals surface area contributed by atoms with Crippen molar-refractivity contribution in [3.63, 3.8) is 0 Å². The number of ether oxygens (including phenoxy) is 3. The van der Waals surface area contributed by atoms with Crippen LogP contribution in [-0.2, 0) is 14.3 Å². The average molecular weight is 409 g/mol. The summed E-state index contributed by atoms with van der Waals surface area (Å²) in [5.74, 6) is -0.906. The van der Waals surface area contributed by atoms with Gasteiger partial charge >= 0.3 is 5.97 Å². The molecule has 0 fully saturated rings. The molecule has 25 heavy (non-hydrogen) atoms. The fraction of sp³-hybridized carbons (Fsp3) is 0.222. The van der Waals surface area contributed by atoms with E-state index in [2.05, 4.69) is 15.9 Å². The van der Waals surface area contributed by atoms with E-state index in [1.807, 2.05) is 0 Å². The Kier molecular flexibility index (Phi) is 6.69. The monoisotopic (exact) mass is 408 g/mol. The van der Waals surface area contributed by atoms with E-state index in [1.165, 1.54) is 14.2 Å². The van der Waals surface area contributed by atoms with Crippen molar-refractivity contribution in [2.45, 2.75) is 6.10 Å². The van der Waals surface area contributed by atoms with Crippen LogP contribution in [0.2, 0.25) is 0 Å². The lowest BCUT2D eigenvalue weighted by atomic mass is 9.95. The molecule has 0 heterocycles. The topological polar surface area (TPSA) is 82.1 Å². The molecule has 2 aromatic carbocycles. The number of carbonyl (C=O) groups excluding carboxylic acids is 1. The summed E-state index contributed by atoms with van der Waals surface area (Å²) in [5.41, 5.74) is 0.895. The number of hydrogen-bond donors (Lipinski definition) is 1. The number of carbonyl (C=O) groups is 2. The molecular weight excluding hydrogens is 392 g/mol.